The molecular weight excluding hydrogens is 257 g/mol. The first-order chi connectivity index (χ1) is 7.88. The van der Waals surface area contributed by atoms with Gasteiger partial charge in [-0.25, -0.2) is 9.48 Å². The second kappa shape index (κ2) is 3.88. The number of thiophene rings is 1. The number of carbonyl (C=O) groups is 1. The Morgan fingerprint density at radius 3 is 2.59 bits per heavy atom. The van der Waals surface area contributed by atoms with E-state index in [4.69, 9.17) is 5.11 Å². The number of carboxylic acids is 1. The molecule has 0 aliphatic carbocycles. The van der Waals surface area contributed by atoms with Crippen LogP contribution in [0.4, 0.5) is 13.2 Å². The summed E-state index contributed by atoms with van der Waals surface area (Å²) in [7, 11) is 0. The van der Waals surface area contributed by atoms with Crippen molar-refractivity contribution in [2.75, 3.05) is 0 Å². The van der Waals surface area contributed by atoms with Gasteiger partial charge in [0.15, 0.2) is 0 Å². The molecule has 0 amide bonds. The molecule has 0 radical (unpaired) electrons. The number of nitrogens with zero attached hydrogens (tertiary/aromatic N) is 2. The summed E-state index contributed by atoms with van der Waals surface area (Å²) in [6.45, 7) is 0. The van der Waals surface area contributed by atoms with Gasteiger partial charge in [0, 0.05) is 6.20 Å². The summed E-state index contributed by atoms with van der Waals surface area (Å²) in [4.78, 5) is 10.7. The lowest BCUT2D eigenvalue weighted by molar-refractivity contribution is -0.137. The van der Waals surface area contributed by atoms with Crippen molar-refractivity contribution in [2.45, 2.75) is 6.18 Å². The third kappa shape index (κ3) is 2.31. The molecular formula is C9H5F3N2O2S. The van der Waals surface area contributed by atoms with E-state index in [2.05, 4.69) is 5.10 Å². The van der Waals surface area contributed by atoms with Crippen LogP contribution in [0.3, 0.4) is 0 Å². The minimum Gasteiger partial charge on any atom is -0.477 e. The summed E-state index contributed by atoms with van der Waals surface area (Å²) < 4.78 is 37.9. The highest BCUT2D eigenvalue weighted by Gasteiger charge is 2.32. The molecule has 17 heavy (non-hydrogen) atoms. The van der Waals surface area contributed by atoms with Crippen LogP contribution in [0.1, 0.15) is 15.2 Å². The Bertz CT molecular complexity index is 559. The topological polar surface area (TPSA) is 55.1 Å². The molecule has 0 saturated heterocycles. The molecule has 0 spiro atoms. The summed E-state index contributed by atoms with van der Waals surface area (Å²) in [5.41, 5.74) is -0.872. The number of hydrogen-bond donors (Lipinski definition) is 1. The van der Waals surface area contributed by atoms with Crippen LogP contribution in [-0.2, 0) is 6.18 Å². The molecule has 90 valence electrons. The summed E-state index contributed by atoms with van der Waals surface area (Å²) in [6.07, 6.45) is -2.94. The van der Waals surface area contributed by atoms with Crippen molar-refractivity contribution in [1.82, 2.24) is 9.78 Å². The molecule has 2 aromatic heterocycles. The number of hydrogen-bond acceptors (Lipinski definition) is 3. The van der Waals surface area contributed by atoms with E-state index in [0.29, 0.717) is 11.2 Å². The lowest BCUT2D eigenvalue weighted by atomic mass is 10.4. The van der Waals surface area contributed by atoms with Crippen molar-refractivity contribution in [3.05, 3.63) is 35.0 Å². The zero-order chi connectivity index (χ0) is 12.6. The van der Waals surface area contributed by atoms with Gasteiger partial charge >= 0.3 is 12.1 Å². The third-order valence-corrected chi connectivity index (χ3v) is 3.00. The molecule has 0 fully saturated rings. The maximum Gasteiger partial charge on any atom is 0.419 e. The summed E-state index contributed by atoms with van der Waals surface area (Å²) in [5.74, 6) is -1.12. The van der Waals surface area contributed by atoms with Gasteiger partial charge in [0.1, 0.15) is 9.88 Å². The Hall–Kier alpha value is -1.83. The highest BCUT2D eigenvalue weighted by atomic mass is 32.1. The van der Waals surface area contributed by atoms with Crippen LogP contribution in [-0.4, -0.2) is 20.9 Å². The number of halogens is 3. The maximum absolute atomic E-state index is 12.3. The van der Waals surface area contributed by atoms with Gasteiger partial charge in [-0.3, -0.25) is 0 Å². The van der Waals surface area contributed by atoms with E-state index in [-0.39, 0.29) is 4.88 Å². The van der Waals surface area contributed by atoms with E-state index in [0.717, 1.165) is 22.2 Å². The van der Waals surface area contributed by atoms with Crippen molar-refractivity contribution in [1.29, 1.82) is 0 Å². The zero-order valence-corrected chi connectivity index (χ0v) is 8.92. The fourth-order valence-corrected chi connectivity index (χ4v) is 1.93. The predicted octanol–water partition coefficient (Wildman–Crippen LogP) is 2.65. The maximum atomic E-state index is 12.3. The molecule has 2 aromatic rings. The summed E-state index contributed by atoms with van der Waals surface area (Å²) in [5, 5.41) is 12.5. The molecule has 0 saturated carbocycles. The van der Waals surface area contributed by atoms with Crippen molar-refractivity contribution >= 4 is 17.3 Å². The average molecular weight is 262 g/mol. The van der Waals surface area contributed by atoms with Crippen molar-refractivity contribution < 1.29 is 23.1 Å². The Balaban J connectivity index is 2.34. The monoisotopic (exact) mass is 262 g/mol. The molecule has 0 aliphatic rings. The van der Waals surface area contributed by atoms with Crippen molar-refractivity contribution in [2.24, 2.45) is 0 Å². The smallest absolute Gasteiger partial charge is 0.419 e. The molecule has 1 N–H and O–H groups in total. The average Bonchev–Trinajstić information content (AvgIpc) is 2.85. The first-order valence-corrected chi connectivity index (χ1v) is 5.15. The Labute approximate surface area is 96.9 Å². The van der Waals surface area contributed by atoms with Crippen LogP contribution >= 0.6 is 11.3 Å². The highest BCUT2D eigenvalue weighted by Crippen LogP contribution is 2.30. The van der Waals surface area contributed by atoms with Crippen LogP contribution in [0, 0.1) is 0 Å². The minimum atomic E-state index is -4.45. The third-order valence-electron chi connectivity index (χ3n) is 1.94. The number of aromatic carboxylic acids is 1. The van der Waals surface area contributed by atoms with Gasteiger partial charge in [-0.2, -0.15) is 18.3 Å². The molecule has 0 bridgehead atoms. The van der Waals surface area contributed by atoms with Gasteiger partial charge in [0.25, 0.3) is 0 Å². The molecule has 8 heteroatoms. The number of aromatic nitrogens is 2. The largest absolute Gasteiger partial charge is 0.477 e. The van der Waals surface area contributed by atoms with Crippen LogP contribution in [0.2, 0.25) is 0 Å². The minimum absolute atomic E-state index is 0.0454. The van der Waals surface area contributed by atoms with Crippen LogP contribution in [0.15, 0.2) is 24.5 Å². The standard InChI is InChI=1S/C9H5F3N2O2S/c10-9(11,12)5-3-13-14(4-5)7-2-1-6(17-7)8(15)16/h1-4H,(H,15,16). The lowest BCUT2D eigenvalue weighted by Gasteiger charge is -2.00. The van der Waals surface area contributed by atoms with Crippen LogP contribution < -0.4 is 0 Å². The van der Waals surface area contributed by atoms with Gasteiger partial charge in [-0.1, -0.05) is 0 Å². The quantitative estimate of drug-likeness (QED) is 0.905. The van der Waals surface area contributed by atoms with Gasteiger partial charge in [0.05, 0.1) is 11.8 Å². The molecule has 2 heterocycles. The van der Waals surface area contributed by atoms with E-state index in [1.54, 1.807) is 0 Å². The van der Waals surface area contributed by atoms with Crippen molar-refractivity contribution in [3.63, 3.8) is 0 Å². The number of rotatable bonds is 2. The van der Waals surface area contributed by atoms with E-state index in [9.17, 15) is 18.0 Å². The number of alkyl halides is 3. The molecule has 0 atom stereocenters. The van der Waals surface area contributed by atoms with Gasteiger partial charge in [-0.05, 0) is 12.1 Å². The van der Waals surface area contributed by atoms with Crippen LogP contribution in [0.5, 0.6) is 0 Å². The second-order valence-corrected chi connectivity index (χ2v) is 4.18. The summed E-state index contributed by atoms with van der Waals surface area (Å²) >= 11 is 0.852. The highest BCUT2D eigenvalue weighted by molar-refractivity contribution is 7.16. The molecule has 0 aliphatic heterocycles. The number of carboxylic acid groups (broad SMARTS) is 1. The molecule has 4 nitrogen and oxygen atoms in total. The van der Waals surface area contributed by atoms with Crippen LogP contribution in [0.25, 0.3) is 5.00 Å². The normalized spacial score (nSPS) is 11.7. The SMILES string of the molecule is O=C(O)c1ccc(-n2cc(C(F)(F)F)cn2)s1. The van der Waals surface area contributed by atoms with Crippen molar-refractivity contribution in [3.8, 4) is 5.00 Å². The molecule has 0 aromatic carbocycles. The predicted molar refractivity (Wildman–Crippen MR) is 53.4 cm³/mol. The van der Waals surface area contributed by atoms with E-state index in [1.807, 2.05) is 0 Å². The summed E-state index contributed by atoms with van der Waals surface area (Å²) in [6, 6.07) is 2.72. The first-order valence-electron chi connectivity index (χ1n) is 4.33. The Morgan fingerprint density at radius 1 is 1.41 bits per heavy atom. The zero-order valence-electron chi connectivity index (χ0n) is 8.10. The van der Waals surface area contributed by atoms with Gasteiger partial charge in [0.2, 0.25) is 0 Å². The first kappa shape index (κ1) is 11.6. The molecule has 2 rings (SSSR count). The van der Waals surface area contributed by atoms with Gasteiger partial charge < -0.3 is 5.11 Å². The Morgan fingerprint density at radius 2 is 2.12 bits per heavy atom. The van der Waals surface area contributed by atoms with E-state index < -0.39 is 17.7 Å². The Kier molecular flexibility index (Phi) is 2.66. The van der Waals surface area contributed by atoms with E-state index in [1.165, 1.54) is 12.1 Å². The fourth-order valence-electron chi connectivity index (χ4n) is 1.16. The second-order valence-electron chi connectivity index (χ2n) is 3.11. The lowest BCUT2D eigenvalue weighted by Crippen LogP contribution is -2.02. The van der Waals surface area contributed by atoms with E-state index >= 15 is 0 Å². The fraction of sp³-hybridized carbons (Fsp3) is 0.111. The molecule has 0 unspecified atom stereocenters. The van der Waals surface area contributed by atoms with Gasteiger partial charge in [-0.15, -0.1) is 11.3 Å².